The number of rotatable bonds is 6. The van der Waals surface area contributed by atoms with E-state index < -0.39 is 5.97 Å². The average molecular weight is 367 g/mol. The van der Waals surface area contributed by atoms with Gasteiger partial charge in [-0.2, -0.15) is 0 Å². The van der Waals surface area contributed by atoms with Gasteiger partial charge in [-0.1, -0.05) is 0 Å². The molecule has 7 heteroatoms. The molecular weight excluding hydrogens is 332 g/mol. The number of piperazine rings is 1. The minimum atomic E-state index is -0.736. The average Bonchev–Trinajstić information content (AvgIpc) is 2.67. The van der Waals surface area contributed by atoms with Crippen LogP contribution in [0.1, 0.15) is 38.5 Å². The Hall–Kier alpha value is -1.18. The Morgan fingerprint density at radius 1 is 0.923 bits per heavy atom. The standard InChI is InChI=1S/C19H34N4O3/c24-18(2-1-16-3-7-20-8-4-16)23-13-11-22(12-14-23)17-5-9-21(10-6-17)15-19(25)26/h16-17,20H,1-15H2,(H,25,26). The van der Waals surface area contributed by atoms with Crippen molar-refractivity contribution in [2.75, 3.05) is 58.9 Å². The molecule has 0 bridgehead atoms. The third kappa shape index (κ3) is 5.66. The van der Waals surface area contributed by atoms with Gasteiger partial charge in [0.15, 0.2) is 0 Å². The first-order valence-corrected chi connectivity index (χ1v) is 10.3. The van der Waals surface area contributed by atoms with Crippen LogP contribution in [-0.4, -0.2) is 96.6 Å². The van der Waals surface area contributed by atoms with E-state index in [-0.39, 0.29) is 6.54 Å². The van der Waals surface area contributed by atoms with Gasteiger partial charge in [0.1, 0.15) is 0 Å². The van der Waals surface area contributed by atoms with Gasteiger partial charge in [-0.3, -0.25) is 19.4 Å². The molecule has 0 radical (unpaired) electrons. The molecule has 0 spiro atoms. The fourth-order valence-electron chi connectivity index (χ4n) is 4.63. The smallest absolute Gasteiger partial charge is 0.317 e. The summed E-state index contributed by atoms with van der Waals surface area (Å²) in [4.78, 5) is 29.9. The quantitative estimate of drug-likeness (QED) is 0.711. The van der Waals surface area contributed by atoms with E-state index in [4.69, 9.17) is 5.11 Å². The number of hydrogen-bond acceptors (Lipinski definition) is 5. The molecule has 148 valence electrons. The van der Waals surface area contributed by atoms with Gasteiger partial charge in [-0.25, -0.2) is 0 Å². The summed E-state index contributed by atoms with van der Waals surface area (Å²) < 4.78 is 0. The van der Waals surface area contributed by atoms with E-state index in [1.165, 1.54) is 12.8 Å². The zero-order chi connectivity index (χ0) is 18.4. The van der Waals surface area contributed by atoms with E-state index in [2.05, 4.69) is 15.1 Å². The summed E-state index contributed by atoms with van der Waals surface area (Å²) in [5, 5.41) is 12.3. The Labute approximate surface area is 156 Å². The number of carboxylic acids is 1. The summed E-state index contributed by atoms with van der Waals surface area (Å²) in [7, 11) is 0. The molecule has 3 aliphatic rings. The second-order valence-corrected chi connectivity index (χ2v) is 8.05. The van der Waals surface area contributed by atoms with Gasteiger partial charge in [0.25, 0.3) is 0 Å². The van der Waals surface area contributed by atoms with Gasteiger partial charge in [0.05, 0.1) is 6.54 Å². The van der Waals surface area contributed by atoms with Crippen LogP contribution >= 0.6 is 0 Å². The van der Waals surface area contributed by atoms with Crippen LogP contribution < -0.4 is 5.32 Å². The highest BCUT2D eigenvalue weighted by Crippen LogP contribution is 2.21. The van der Waals surface area contributed by atoms with E-state index in [1.807, 2.05) is 4.90 Å². The molecule has 26 heavy (non-hydrogen) atoms. The molecule has 7 nitrogen and oxygen atoms in total. The number of carbonyl (C=O) groups excluding carboxylic acids is 1. The highest BCUT2D eigenvalue weighted by Gasteiger charge is 2.29. The van der Waals surface area contributed by atoms with Crippen molar-refractivity contribution < 1.29 is 14.7 Å². The number of carboxylic acid groups (broad SMARTS) is 1. The minimum absolute atomic E-state index is 0.159. The summed E-state index contributed by atoms with van der Waals surface area (Å²) in [5.74, 6) is 0.317. The van der Waals surface area contributed by atoms with E-state index >= 15 is 0 Å². The van der Waals surface area contributed by atoms with Crippen LogP contribution in [0.3, 0.4) is 0 Å². The van der Waals surface area contributed by atoms with Gasteiger partial charge >= 0.3 is 5.97 Å². The predicted molar refractivity (Wildman–Crippen MR) is 100 cm³/mol. The zero-order valence-corrected chi connectivity index (χ0v) is 15.9. The van der Waals surface area contributed by atoms with E-state index in [1.54, 1.807) is 0 Å². The van der Waals surface area contributed by atoms with E-state index in [9.17, 15) is 9.59 Å². The molecule has 0 aromatic rings. The summed E-state index contributed by atoms with van der Waals surface area (Å²) in [5.41, 5.74) is 0. The lowest BCUT2D eigenvalue weighted by molar-refractivity contribution is -0.138. The summed E-state index contributed by atoms with van der Waals surface area (Å²) in [6.07, 6.45) is 6.25. The number of carbonyl (C=O) groups is 2. The Kier molecular flexibility index (Phi) is 7.28. The fourth-order valence-corrected chi connectivity index (χ4v) is 4.63. The predicted octanol–water partition coefficient (Wildman–Crippen LogP) is 0.459. The molecule has 0 atom stereocenters. The Balaban J connectivity index is 1.33. The Morgan fingerprint density at radius 2 is 1.58 bits per heavy atom. The molecule has 3 fully saturated rings. The molecular formula is C19H34N4O3. The molecule has 3 heterocycles. The van der Waals surface area contributed by atoms with Crippen molar-refractivity contribution in [3.8, 4) is 0 Å². The lowest BCUT2D eigenvalue weighted by Crippen LogP contribution is -2.54. The van der Waals surface area contributed by atoms with Crippen molar-refractivity contribution in [3.63, 3.8) is 0 Å². The van der Waals surface area contributed by atoms with Gasteiger partial charge < -0.3 is 15.3 Å². The Bertz CT molecular complexity index is 465. The maximum absolute atomic E-state index is 12.5. The fraction of sp³-hybridized carbons (Fsp3) is 0.895. The first kappa shape index (κ1) is 19.6. The van der Waals surface area contributed by atoms with Crippen LogP contribution in [0.2, 0.25) is 0 Å². The van der Waals surface area contributed by atoms with Crippen LogP contribution in [0.5, 0.6) is 0 Å². The van der Waals surface area contributed by atoms with Crippen molar-refractivity contribution in [1.29, 1.82) is 0 Å². The minimum Gasteiger partial charge on any atom is -0.480 e. The van der Waals surface area contributed by atoms with Gasteiger partial charge in [0.2, 0.25) is 5.91 Å². The number of amides is 1. The normalized spacial score (nSPS) is 24.7. The molecule has 1 amide bonds. The molecule has 0 aliphatic carbocycles. The largest absolute Gasteiger partial charge is 0.480 e. The number of nitrogens with zero attached hydrogens (tertiary/aromatic N) is 3. The molecule has 3 saturated heterocycles. The third-order valence-corrected chi connectivity index (χ3v) is 6.32. The monoisotopic (exact) mass is 366 g/mol. The van der Waals surface area contributed by atoms with Crippen LogP contribution in [0.15, 0.2) is 0 Å². The Morgan fingerprint density at radius 3 is 2.19 bits per heavy atom. The lowest BCUT2D eigenvalue weighted by Gasteiger charge is -2.42. The molecule has 0 saturated carbocycles. The number of piperidine rings is 2. The second kappa shape index (κ2) is 9.67. The summed E-state index contributed by atoms with van der Waals surface area (Å²) in [6.45, 7) is 7.71. The highest BCUT2D eigenvalue weighted by atomic mass is 16.4. The van der Waals surface area contributed by atoms with Gasteiger partial charge in [0, 0.05) is 51.7 Å². The first-order chi connectivity index (χ1) is 12.6. The molecule has 2 N–H and O–H groups in total. The summed E-state index contributed by atoms with van der Waals surface area (Å²) in [6, 6.07) is 0.548. The molecule has 3 rings (SSSR count). The highest BCUT2D eigenvalue weighted by molar-refractivity contribution is 5.76. The molecule has 0 unspecified atom stereocenters. The molecule has 0 aromatic heterocycles. The maximum atomic E-state index is 12.5. The number of nitrogens with one attached hydrogen (secondary N) is 1. The first-order valence-electron chi connectivity index (χ1n) is 10.3. The van der Waals surface area contributed by atoms with Crippen molar-refractivity contribution in [3.05, 3.63) is 0 Å². The van der Waals surface area contributed by atoms with Crippen LogP contribution in [-0.2, 0) is 9.59 Å². The summed E-state index contributed by atoms with van der Waals surface area (Å²) >= 11 is 0. The van der Waals surface area contributed by atoms with Crippen molar-refractivity contribution in [1.82, 2.24) is 20.0 Å². The third-order valence-electron chi connectivity index (χ3n) is 6.32. The van der Waals surface area contributed by atoms with E-state index in [0.29, 0.717) is 18.4 Å². The topological polar surface area (TPSA) is 76.1 Å². The molecule has 3 aliphatic heterocycles. The zero-order valence-electron chi connectivity index (χ0n) is 15.9. The van der Waals surface area contributed by atoms with Crippen molar-refractivity contribution in [2.24, 2.45) is 5.92 Å². The second-order valence-electron chi connectivity index (χ2n) is 8.05. The maximum Gasteiger partial charge on any atom is 0.317 e. The van der Waals surface area contributed by atoms with Crippen molar-refractivity contribution >= 4 is 11.9 Å². The van der Waals surface area contributed by atoms with Gasteiger partial charge in [-0.15, -0.1) is 0 Å². The van der Waals surface area contributed by atoms with Crippen LogP contribution in [0, 0.1) is 5.92 Å². The number of aliphatic carboxylic acids is 1. The number of likely N-dealkylation sites (tertiary alicyclic amines) is 1. The van der Waals surface area contributed by atoms with Gasteiger partial charge in [-0.05, 0) is 51.1 Å². The SMILES string of the molecule is O=C(O)CN1CCC(N2CCN(C(=O)CCC3CCNCC3)CC2)CC1. The van der Waals surface area contributed by atoms with Crippen LogP contribution in [0.4, 0.5) is 0 Å². The van der Waals surface area contributed by atoms with Crippen LogP contribution in [0.25, 0.3) is 0 Å². The lowest BCUT2D eigenvalue weighted by atomic mass is 9.93. The molecule has 0 aromatic carbocycles. The van der Waals surface area contributed by atoms with Crippen molar-refractivity contribution in [2.45, 2.75) is 44.6 Å². The van der Waals surface area contributed by atoms with E-state index in [0.717, 1.165) is 77.5 Å². The number of hydrogen-bond donors (Lipinski definition) is 2.